The molecule has 21 heavy (non-hydrogen) atoms. The smallest absolute Gasteiger partial charge is 0.250 e. The molecule has 0 radical (unpaired) electrons. The van der Waals surface area contributed by atoms with Gasteiger partial charge in [-0.05, 0) is 64.0 Å². The zero-order valence-electron chi connectivity index (χ0n) is 12.7. The quantitative estimate of drug-likeness (QED) is 0.844. The number of nitrogens with one attached hydrogen (secondary N) is 2. The van der Waals surface area contributed by atoms with Crippen molar-refractivity contribution in [3.63, 3.8) is 0 Å². The van der Waals surface area contributed by atoms with Crippen molar-refractivity contribution in [2.45, 2.75) is 38.9 Å². The van der Waals surface area contributed by atoms with Gasteiger partial charge in [-0.2, -0.15) is 0 Å². The van der Waals surface area contributed by atoms with Gasteiger partial charge in [0.05, 0.1) is 12.2 Å². The van der Waals surface area contributed by atoms with Crippen molar-refractivity contribution in [2.75, 3.05) is 25.0 Å². The van der Waals surface area contributed by atoms with Gasteiger partial charge in [0.1, 0.15) is 12.4 Å². The minimum absolute atomic E-state index is 0.106. The molecule has 1 heterocycles. The molecule has 0 atom stereocenters. The first-order valence-electron chi connectivity index (χ1n) is 7.52. The van der Waals surface area contributed by atoms with Gasteiger partial charge in [-0.25, -0.2) is 0 Å². The van der Waals surface area contributed by atoms with Gasteiger partial charge in [-0.3, -0.25) is 4.79 Å². The van der Waals surface area contributed by atoms with E-state index in [0.717, 1.165) is 37.4 Å². The van der Waals surface area contributed by atoms with Crippen LogP contribution in [0, 0.1) is 0 Å². The molecule has 2 N–H and O–H groups in total. The lowest BCUT2D eigenvalue weighted by Crippen LogP contribution is -2.34. The highest BCUT2D eigenvalue weighted by molar-refractivity contribution is 5.91. The van der Waals surface area contributed by atoms with Crippen LogP contribution >= 0.6 is 0 Å². The molecule has 1 saturated heterocycles. The molecule has 0 spiro atoms. The summed E-state index contributed by atoms with van der Waals surface area (Å²) in [4.78, 5) is 11.8. The monoisotopic (exact) mass is 292 g/mol. The normalized spacial score (nSPS) is 16.0. The summed E-state index contributed by atoms with van der Waals surface area (Å²) in [5, 5.41) is 6.10. The minimum Gasteiger partial charge on any atom is -0.491 e. The van der Waals surface area contributed by atoms with E-state index in [4.69, 9.17) is 9.47 Å². The maximum absolute atomic E-state index is 11.8. The first-order valence-corrected chi connectivity index (χ1v) is 7.52. The van der Waals surface area contributed by atoms with Gasteiger partial charge in [0.15, 0.2) is 0 Å². The summed E-state index contributed by atoms with van der Waals surface area (Å²) in [5.74, 6) is 0.681. The van der Waals surface area contributed by atoms with Gasteiger partial charge in [-0.15, -0.1) is 0 Å². The molecule has 0 unspecified atom stereocenters. The first kappa shape index (κ1) is 15.8. The van der Waals surface area contributed by atoms with Crippen LogP contribution in [0.1, 0.15) is 26.7 Å². The van der Waals surface area contributed by atoms with E-state index >= 15 is 0 Å². The Hall–Kier alpha value is -1.59. The Labute approximate surface area is 126 Å². The fourth-order valence-corrected chi connectivity index (χ4v) is 2.24. The molecule has 0 aliphatic carbocycles. The average molecular weight is 292 g/mol. The number of benzene rings is 1. The Morgan fingerprint density at radius 3 is 2.57 bits per heavy atom. The minimum atomic E-state index is -0.119. The van der Waals surface area contributed by atoms with Crippen LogP contribution in [0.25, 0.3) is 0 Å². The zero-order valence-corrected chi connectivity index (χ0v) is 12.7. The highest BCUT2D eigenvalue weighted by atomic mass is 16.5. The highest BCUT2D eigenvalue weighted by Gasteiger charge is 2.14. The number of hydrogen-bond donors (Lipinski definition) is 2. The Balaban J connectivity index is 1.74. The molecule has 0 aromatic heterocycles. The number of rotatable bonds is 6. The molecular weight excluding hydrogens is 268 g/mol. The number of anilines is 1. The van der Waals surface area contributed by atoms with Crippen molar-refractivity contribution < 1.29 is 14.3 Å². The van der Waals surface area contributed by atoms with Crippen molar-refractivity contribution >= 4 is 11.6 Å². The van der Waals surface area contributed by atoms with Crippen LogP contribution in [0.15, 0.2) is 24.3 Å². The predicted molar refractivity (Wildman–Crippen MR) is 82.7 cm³/mol. The zero-order chi connectivity index (χ0) is 15.1. The summed E-state index contributed by atoms with van der Waals surface area (Å²) in [7, 11) is 0. The van der Waals surface area contributed by atoms with Gasteiger partial charge in [0.25, 0.3) is 0 Å². The molecular formula is C16H24N2O3. The topological polar surface area (TPSA) is 59.6 Å². The second-order valence-corrected chi connectivity index (χ2v) is 5.50. The molecule has 116 valence electrons. The molecule has 1 fully saturated rings. The van der Waals surface area contributed by atoms with E-state index < -0.39 is 0 Å². The van der Waals surface area contributed by atoms with Gasteiger partial charge < -0.3 is 20.1 Å². The lowest BCUT2D eigenvalue weighted by molar-refractivity contribution is -0.123. The molecule has 1 amide bonds. The predicted octanol–water partition coefficient (Wildman–Crippen LogP) is 2.18. The maximum atomic E-state index is 11.8. The molecule has 1 aliphatic heterocycles. The summed E-state index contributed by atoms with van der Waals surface area (Å²) in [6.45, 7) is 5.99. The standard InChI is InChI=1S/C16H24N2O3/c1-12(2)21-15-5-3-13(4-6-15)18-16(19)11-20-14-7-9-17-10-8-14/h3-6,12,14,17H,7-11H2,1-2H3,(H,18,19). The summed E-state index contributed by atoms with van der Waals surface area (Å²) in [6.07, 6.45) is 2.27. The molecule has 1 aromatic rings. The van der Waals surface area contributed by atoms with Crippen molar-refractivity contribution in [2.24, 2.45) is 0 Å². The van der Waals surface area contributed by atoms with Crippen molar-refractivity contribution in [3.8, 4) is 5.75 Å². The van der Waals surface area contributed by atoms with E-state index in [1.807, 2.05) is 38.1 Å². The van der Waals surface area contributed by atoms with E-state index in [1.54, 1.807) is 0 Å². The number of piperidine rings is 1. The van der Waals surface area contributed by atoms with E-state index in [9.17, 15) is 4.79 Å². The third-order valence-corrected chi connectivity index (χ3v) is 3.25. The van der Waals surface area contributed by atoms with Crippen LogP contribution in [0.2, 0.25) is 0 Å². The molecule has 0 saturated carbocycles. The fourth-order valence-electron chi connectivity index (χ4n) is 2.24. The molecule has 5 heteroatoms. The maximum Gasteiger partial charge on any atom is 0.250 e. The van der Waals surface area contributed by atoms with Crippen LogP contribution in [0.3, 0.4) is 0 Å². The Kier molecular flexibility index (Phi) is 6.02. The van der Waals surface area contributed by atoms with Crippen molar-refractivity contribution in [3.05, 3.63) is 24.3 Å². The van der Waals surface area contributed by atoms with Crippen LogP contribution in [0.4, 0.5) is 5.69 Å². The Morgan fingerprint density at radius 2 is 1.95 bits per heavy atom. The van der Waals surface area contributed by atoms with Crippen molar-refractivity contribution in [1.29, 1.82) is 0 Å². The summed E-state index contributed by atoms with van der Waals surface area (Å²) >= 11 is 0. The van der Waals surface area contributed by atoms with Gasteiger partial charge >= 0.3 is 0 Å². The molecule has 5 nitrogen and oxygen atoms in total. The Morgan fingerprint density at radius 1 is 1.29 bits per heavy atom. The van der Waals surface area contributed by atoms with Gasteiger partial charge in [0, 0.05) is 5.69 Å². The lowest BCUT2D eigenvalue weighted by atomic mass is 10.1. The third-order valence-electron chi connectivity index (χ3n) is 3.25. The van der Waals surface area contributed by atoms with Crippen LogP contribution in [0.5, 0.6) is 5.75 Å². The van der Waals surface area contributed by atoms with Crippen LogP contribution in [-0.2, 0) is 9.53 Å². The number of hydrogen-bond acceptors (Lipinski definition) is 4. The third kappa shape index (κ3) is 5.73. The summed E-state index contributed by atoms with van der Waals surface area (Å²) in [6, 6.07) is 7.37. The van der Waals surface area contributed by atoms with E-state index in [2.05, 4.69) is 10.6 Å². The first-order chi connectivity index (χ1) is 10.1. The van der Waals surface area contributed by atoms with E-state index in [0.29, 0.717) is 0 Å². The highest BCUT2D eigenvalue weighted by Crippen LogP contribution is 2.17. The fraction of sp³-hybridized carbons (Fsp3) is 0.562. The summed E-state index contributed by atoms with van der Waals surface area (Å²) < 4.78 is 11.2. The summed E-state index contributed by atoms with van der Waals surface area (Å²) in [5.41, 5.74) is 0.755. The Bertz CT molecular complexity index is 439. The van der Waals surface area contributed by atoms with E-state index in [1.165, 1.54) is 0 Å². The van der Waals surface area contributed by atoms with Crippen LogP contribution < -0.4 is 15.4 Å². The lowest BCUT2D eigenvalue weighted by Gasteiger charge is -2.22. The SMILES string of the molecule is CC(C)Oc1ccc(NC(=O)COC2CCNCC2)cc1. The molecule has 1 aliphatic rings. The number of carbonyl (C=O) groups excluding carboxylic acids is 1. The number of amides is 1. The largest absolute Gasteiger partial charge is 0.491 e. The number of carbonyl (C=O) groups is 1. The average Bonchev–Trinajstić information content (AvgIpc) is 2.48. The van der Waals surface area contributed by atoms with Gasteiger partial charge in [-0.1, -0.05) is 0 Å². The molecule has 0 bridgehead atoms. The van der Waals surface area contributed by atoms with Crippen LogP contribution in [-0.4, -0.2) is 37.8 Å². The van der Waals surface area contributed by atoms with Gasteiger partial charge in [0.2, 0.25) is 5.91 Å². The van der Waals surface area contributed by atoms with E-state index in [-0.39, 0.29) is 24.7 Å². The number of ether oxygens (including phenoxy) is 2. The molecule has 1 aromatic carbocycles. The van der Waals surface area contributed by atoms with Crippen molar-refractivity contribution in [1.82, 2.24) is 5.32 Å². The second kappa shape index (κ2) is 8.00. The second-order valence-electron chi connectivity index (χ2n) is 5.50. The molecule has 2 rings (SSSR count).